The molecule has 0 radical (unpaired) electrons. The average molecular weight is 461 g/mol. The summed E-state index contributed by atoms with van der Waals surface area (Å²) in [4.78, 5) is 0. The number of fused-ring (bicyclic) bond motifs is 2. The molecule has 172 valence electrons. The van der Waals surface area contributed by atoms with Gasteiger partial charge in [-0.25, -0.2) is 0 Å². The first-order valence-corrected chi connectivity index (χ1v) is 12.6. The fourth-order valence-electron chi connectivity index (χ4n) is 5.57. The van der Waals surface area contributed by atoms with Crippen LogP contribution in [-0.4, -0.2) is 0 Å². The molecule has 0 N–H and O–H groups in total. The van der Waals surface area contributed by atoms with Crippen LogP contribution in [0.5, 0.6) is 0 Å². The fraction of sp³-hybridized carbons (Fsp3) is 0.0556. The van der Waals surface area contributed by atoms with E-state index in [9.17, 15) is 0 Å². The molecule has 0 amide bonds. The van der Waals surface area contributed by atoms with Gasteiger partial charge in [-0.05, 0) is 43.8 Å². The highest BCUT2D eigenvalue weighted by molar-refractivity contribution is 6.15. The third-order valence-corrected chi connectivity index (χ3v) is 7.13. The lowest BCUT2D eigenvalue weighted by Crippen LogP contribution is -2.09. The molecule has 0 saturated carbocycles. The van der Waals surface area contributed by atoms with Crippen LogP contribution >= 0.6 is 0 Å². The van der Waals surface area contributed by atoms with E-state index < -0.39 is 0 Å². The van der Waals surface area contributed by atoms with Gasteiger partial charge in [0.25, 0.3) is 0 Å². The van der Waals surface area contributed by atoms with Gasteiger partial charge in [0.2, 0.25) is 0 Å². The van der Waals surface area contributed by atoms with Crippen molar-refractivity contribution in [3.8, 4) is 11.1 Å². The van der Waals surface area contributed by atoms with Crippen LogP contribution in [0.15, 0.2) is 158 Å². The van der Waals surface area contributed by atoms with Crippen LogP contribution in [-0.2, 0) is 0 Å². The maximum absolute atomic E-state index is 2.38. The molecule has 1 aliphatic rings. The average Bonchev–Trinajstić information content (AvgIpc) is 2.95. The van der Waals surface area contributed by atoms with Crippen molar-refractivity contribution in [2.45, 2.75) is 11.8 Å². The molecule has 36 heavy (non-hydrogen) atoms. The summed E-state index contributed by atoms with van der Waals surface area (Å²) < 4.78 is 0. The molecule has 0 heterocycles. The minimum Gasteiger partial charge on any atom is -0.0761 e. The van der Waals surface area contributed by atoms with Gasteiger partial charge in [0.1, 0.15) is 0 Å². The van der Waals surface area contributed by atoms with Crippen molar-refractivity contribution in [3.05, 3.63) is 169 Å². The first kappa shape index (κ1) is 22.1. The second-order valence-corrected chi connectivity index (χ2v) is 9.25. The molecular formula is C36H28. The summed E-state index contributed by atoms with van der Waals surface area (Å²) in [6.07, 6.45) is 17.6. The highest BCUT2D eigenvalue weighted by Crippen LogP contribution is 2.46. The molecule has 1 aliphatic carbocycles. The van der Waals surface area contributed by atoms with Gasteiger partial charge in [0.15, 0.2) is 0 Å². The normalized spacial score (nSPS) is 21.1. The maximum Gasteiger partial charge on any atom is 0.0137 e. The Morgan fingerprint density at radius 3 is 1.39 bits per heavy atom. The van der Waals surface area contributed by atoms with Crippen LogP contribution in [0.25, 0.3) is 32.7 Å². The number of allylic oxidation sites excluding steroid dienone is 8. The zero-order valence-corrected chi connectivity index (χ0v) is 20.2. The molecule has 0 nitrogen and oxygen atoms in total. The Morgan fingerprint density at radius 2 is 0.806 bits per heavy atom. The lowest BCUT2D eigenvalue weighted by molar-refractivity contribution is 0.748. The number of hydrogen-bond acceptors (Lipinski definition) is 0. The van der Waals surface area contributed by atoms with Crippen LogP contribution < -0.4 is 0 Å². The predicted octanol–water partition coefficient (Wildman–Crippen LogP) is 9.77. The van der Waals surface area contributed by atoms with E-state index in [-0.39, 0.29) is 11.8 Å². The van der Waals surface area contributed by atoms with Crippen LogP contribution in [0.3, 0.4) is 0 Å². The van der Waals surface area contributed by atoms with Gasteiger partial charge in [-0.2, -0.15) is 0 Å². The zero-order valence-electron chi connectivity index (χ0n) is 20.2. The second kappa shape index (κ2) is 10.1. The predicted molar refractivity (Wildman–Crippen MR) is 155 cm³/mol. The van der Waals surface area contributed by atoms with Crippen molar-refractivity contribution >= 4 is 21.5 Å². The third-order valence-electron chi connectivity index (χ3n) is 7.13. The van der Waals surface area contributed by atoms with E-state index in [1.165, 1.54) is 43.8 Å². The first-order valence-electron chi connectivity index (χ1n) is 12.6. The SMILES string of the molecule is C1=C\C=C/C(c2ccccc2)[C@H](c2c3ccccc3c(-c3ccccc3)c3ccccc23)\C=C\C=C/1. The highest BCUT2D eigenvalue weighted by atomic mass is 14.3. The molecule has 0 heteroatoms. The largest absolute Gasteiger partial charge is 0.0761 e. The van der Waals surface area contributed by atoms with Gasteiger partial charge in [-0.15, -0.1) is 0 Å². The lowest BCUT2D eigenvalue weighted by Gasteiger charge is -2.27. The molecule has 2 atom stereocenters. The van der Waals surface area contributed by atoms with Gasteiger partial charge in [0.05, 0.1) is 0 Å². The van der Waals surface area contributed by atoms with E-state index in [1.807, 2.05) is 0 Å². The summed E-state index contributed by atoms with van der Waals surface area (Å²) in [7, 11) is 0. The first-order chi connectivity index (χ1) is 17.9. The molecule has 1 unspecified atom stereocenters. The van der Waals surface area contributed by atoms with Crippen molar-refractivity contribution in [3.63, 3.8) is 0 Å². The fourth-order valence-corrected chi connectivity index (χ4v) is 5.57. The Bertz CT molecular complexity index is 1560. The van der Waals surface area contributed by atoms with Crippen molar-refractivity contribution in [2.24, 2.45) is 0 Å². The highest BCUT2D eigenvalue weighted by Gasteiger charge is 2.26. The summed E-state index contributed by atoms with van der Waals surface area (Å²) in [6.45, 7) is 0. The van der Waals surface area contributed by atoms with Crippen molar-refractivity contribution < 1.29 is 0 Å². The zero-order chi connectivity index (χ0) is 24.2. The topological polar surface area (TPSA) is 0 Å². The summed E-state index contributed by atoms with van der Waals surface area (Å²) in [5.74, 6) is 0.368. The second-order valence-electron chi connectivity index (χ2n) is 9.25. The Kier molecular flexibility index (Phi) is 6.17. The molecule has 5 aromatic rings. The standard InChI is InChI=1S/C36H28/c1-2-4-12-22-30(29(21-11-3-1)27-17-7-5-8-18-27)36-33-25-15-13-23-31(33)35(28-19-9-6-10-20-28)32-24-14-16-26-34(32)36/h1-26,29-30H/b3-1-,4-2-,21-11-,22-12+/t29?,30-/m1/s1. The molecule has 0 aromatic heterocycles. The number of benzene rings is 5. The maximum atomic E-state index is 2.38. The molecule has 0 aliphatic heterocycles. The summed E-state index contributed by atoms with van der Waals surface area (Å²) in [5, 5.41) is 5.23. The molecule has 6 rings (SSSR count). The van der Waals surface area contributed by atoms with Gasteiger partial charge in [-0.1, -0.05) is 158 Å². The quantitative estimate of drug-likeness (QED) is 0.235. The molecule has 0 fully saturated rings. The molecule has 0 spiro atoms. The van der Waals surface area contributed by atoms with Crippen LogP contribution in [0.4, 0.5) is 0 Å². The lowest BCUT2D eigenvalue weighted by atomic mass is 9.76. The minimum absolute atomic E-state index is 0.166. The van der Waals surface area contributed by atoms with Gasteiger partial charge < -0.3 is 0 Å². The van der Waals surface area contributed by atoms with Crippen molar-refractivity contribution in [1.29, 1.82) is 0 Å². The molecule has 0 bridgehead atoms. The Labute approximate surface area is 213 Å². The van der Waals surface area contributed by atoms with E-state index in [4.69, 9.17) is 0 Å². The van der Waals surface area contributed by atoms with Gasteiger partial charge >= 0.3 is 0 Å². The molecular weight excluding hydrogens is 432 g/mol. The van der Waals surface area contributed by atoms with E-state index in [0.717, 1.165) is 0 Å². The Balaban J connectivity index is 1.71. The van der Waals surface area contributed by atoms with E-state index in [2.05, 4.69) is 158 Å². The van der Waals surface area contributed by atoms with Crippen molar-refractivity contribution in [2.75, 3.05) is 0 Å². The third kappa shape index (κ3) is 4.12. The van der Waals surface area contributed by atoms with E-state index >= 15 is 0 Å². The van der Waals surface area contributed by atoms with Crippen LogP contribution in [0, 0.1) is 0 Å². The molecule has 0 saturated heterocycles. The van der Waals surface area contributed by atoms with Gasteiger partial charge in [0, 0.05) is 11.8 Å². The summed E-state index contributed by atoms with van der Waals surface area (Å²) in [5.41, 5.74) is 5.27. The van der Waals surface area contributed by atoms with Crippen LogP contribution in [0.1, 0.15) is 23.0 Å². The smallest absolute Gasteiger partial charge is 0.0137 e. The molecule has 5 aromatic carbocycles. The number of hydrogen-bond donors (Lipinski definition) is 0. The summed E-state index contributed by atoms with van der Waals surface area (Å²) in [6, 6.07) is 39.6. The summed E-state index contributed by atoms with van der Waals surface area (Å²) >= 11 is 0. The minimum atomic E-state index is 0.166. The van der Waals surface area contributed by atoms with Crippen LogP contribution in [0.2, 0.25) is 0 Å². The number of rotatable bonds is 3. The Morgan fingerprint density at radius 1 is 0.361 bits per heavy atom. The van der Waals surface area contributed by atoms with E-state index in [1.54, 1.807) is 0 Å². The van der Waals surface area contributed by atoms with Crippen molar-refractivity contribution in [1.82, 2.24) is 0 Å². The van der Waals surface area contributed by atoms with Gasteiger partial charge in [-0.3, -0.25) is 0 Å². The van der Waals surface area contributed by atoms with E-state index in [0.29, 0.717) is 0 Å². The monoisotopic (exact) mass is 460 g/mol. The Hall–Kier alpha value is -4.42.